The summed E-state index contributed by atoms with van der Waals surface area (Å²) in [6.07, 6.45) is 4.38. The highest BCUT2D eigenvalue weighted by Crippen LogP contribution is 2.27. The standard InChI is InChI=1S/C27H30ClN5O/c1-33(2)26-23-5-3-4-6-24(23)31-27(32-26)30-21-13-11-20(12-14-21)29-17-22-15-16-25(34-22)18-7-9-19(28)10-8-18/h3-10,15-16,20-21,29H,11-14,17H2,1-2H3,(H,30,31,32). The molecule has 1 aliphatic carbocycles. The molecule has 0 unspecified atom stereocenters. The molecule has 5 rings (SSSR count). The van der Waals surface area contributed by atoms with Crippen LogP contribution in [-0.2, 0) is 6.54 Å². The summed E-state index contributed by atoms with van der Waals surface area (Å²) < 4.78 is 6.03. The number of hydrogen-bond donors (Lipinski definition) is 2. The number of nitrogens with zero attached hydrogens (tertiary/aromatic N) is 3. The van der Waals surface area contributed by atoms with Crippen molar-refractivity contribution in [1.29, 1.82) is 0 Å². The number of fused-ring (bicyclic) bond motifs is 1. The van der Waals surface area contributed by atoms with Crippen LogP contribution in [-0.4, -0.2) is 36.1 Å². The molecule has 0 atom stereocenters. The van der Waals surface area contributed by atoms with Crippen molar-refractivity contribution in [3.05, 3.63) is 71.4 Å². The third kappa shape index (κ3) is 5.18. The highest BCUT2D eigenvalue weighted by molar-refractivity contribution is 6.30. The van der Waals surface area contributed by atoms with E-state index < -0.39 is 0 Å². The van der Waals surface area contributed by atoms with E-state index in [0.29, 0.717) is 18.0 Å². The van der Waals surface area contributed by atoms with Crippen LogP contribution in [0.3, 0.4) is 0 Å². The van der Waals surface area contributed by atoms with Crippen LogP contribution >= 0.6 is 11.6 Å². The van der Waals surface area contributed by atoms with Gasteiger partial charge in [-0.1, -0.05) is 23.7 Å². The van der Waals surface area contributed by atoms with Crippen LogP contribution in [0.25, 0.3) is 22.2 Å². The van der Waals surface area contributed by atoms with Crippen molar-refractivity contribution in [2.24, 2.45) is 0 Å². The van der Waals surface area contributed by atoms with Gasteiger partial charge < -0.3 is 20.0 Å². The number of furan rings is 1. The number of para-hydroxylation sites is 1. The summed E-state index contributed by atoms with van der Waals surface area (Å²) >= 11 is 5.98. The van der Waals surface area contributed by atoms with E-state index in [-0.39, 0.29) is 0 Å². The largest absolute Gasteiger partial charge is 0.460 e. The van der Waals surface area contributed by atoms with Gasteiger partial charge in [0.2, 0.25) is 5.95 Å². The van der Waals surface area contributed by atoms with E-state index in [9.17, 15) is 0 Å². The zero-order chi connectivity index (χ0) is 23.5. The molecule has 6 nitrogen and oxygen atoms in total. The summed E-state index contributed by atoms with van der Waals surface area (Å²) in [5.74, 6) is 3.48. The van der Waals surface area contributed by atoms with E-state index in [0.717, 1.165) is 71.1 Å². The molecule has 1 aliphatic rings. The first-order chi connectivity index (χ1) is 16.5. The summed E-state index contributed by atoms with van der Waals surface area (Å²) in [6, 6.07) is 20.8. The van der Waals surface area contributed by atoms with Gasteiger partial charge in [0.25, 0.3) is 0 Å². The van der Waals surface area contributed by atoms with Gasteiger partial charge in [-0.15, -0.1) is 0 Å². The lowest BCUT2D eigenvalue weighted by molar-refractivity contribution is 0.341. The van der Waals surface area contributed by atoms with Crippen LogP contribution in [0.15, 0.2) is 65.1 Å². The van der Waals surface area contributed by atoms with Crippen molar-refractivity contribution >= 4 is 34.3 Å². The first-order valence-electron chi connectivity index (χ1n) is 11.8. The quantitative estimate of drug-likeness (QED) is 0.335. The molecule has 1 fully saturated rings. The molecule has 176 valence electrons. The van der Waals surface area contributed by atoms with Crippen molar-refractivity contribution in [1.82, 2.24) is 15.3 Å². The van der Waals surface area contributed by atoms with Gasteiger partial charge in [-0.3, -0.25) is 0 Å². The minimum Gasteiger partial charge on any atom is -0.460 e. The van der Waals surface area contributed by atoms with Crippen LogP contribution in [0.4, 0.5) is 11.8 Å². The molecule has 0 amide bonds. The second kappa shape index (κ2) is 10.0. The number of aromatic nitrogens is 2. The average Bonchev–Trinajstić information content (AvgIpc) is 3.32. The average molecular weight is 476 g/mol. The molecule has 0 spiro atoms. The van der Waals surface area contributed by atoms with Crippen molar-refractivity contribution < 1.29 is 4.42 Å². The summed E-state index contributed by atoms with van der Waals surface area (Å²) in [5, 5.41) is 9.05. The molecule has 34 heavy (non-hydrogen) atoms. The first-order valence-corrected chi connectivity index (χ1v) is 12.2. The molecule has 2 aromatic heterocycles. The second-order valence-electron chi connectivity index (χ2n) is 9.13. The molecular weight excluding hydrogens is 446 g/mol. The monoisotopic (exact) mass is 475 g/mol. The molecule has 1 saturated carbocycles. The minimum absolute atomic E-state index is 0.384. The molecule has 0 radical (unpaired) electrons. The van der Waals surface area contributed by atoms with Gasteiger partial charge in [-0.25, -0.2) is 4.98 Å². The van der Waals surface area contributed by atoms with Crippen molar-refractivity contribution in [3.63, 3.8) is 0 Å². The number of hydrogen-bond acceptors (Lipinski definition) is 6. The molecule has 4 aromatic rings. The Morgan fingerprint density at radius 1 is 0.912 bits per heavy atom. The molecule has 0 saturated heterocycles. The van der Waals surface area contributed by atoms with Gasteiger partial charge in [0.1, 0.15) is 17.3 Å². The van der Waals surface area contributed by atoms with Crippen molar-refractivity contribution in [2.75, 3.05) is 24.3 Å². The topological polar surface area (TPSA) is 66.2 Å². The van der Waals surface area contributed by atoms with Crippen LogP contribution in [0.5, 0.6) is 0 Å². The fraction of sp³-hybridized carbons (Fsp3) is 0.333. The Morgan fingerprint density at radius 3 is 2.41 bits per heavy atom. The third-order valence-electron chi connectivity index (χ3n) is 6.42. The lowest BCUT2D eigenvalue weighted by atomic mass is 9.91. The van der Waals surface area contributed by atoms with Gasteiger partial charge in [-0.2, -0.15) is 4.98 Å². The Hall–Kier alpha value is -3.09. The smallest absolute Gasteiger partial charge is 0.225 e. The van der Waals surface area contributed by atoms with Crippen molar-refractivity contribution in [2.45, 2.75) is 44.3 Å². The van der Waals surface area contributed by atoms with Gasteiger partial charge in [0.05, 0.1) is 12.1 Å². The molecule has 7 heteroatoms. The van der Waals surface area contributed by atoms with E-state index >= 15 is 0 Å². The van der Waals surface area contributed by atoms with Crippen LogP contribution in [0.2, 0.25) is 5.02 Å². The lowest BCUT2D eigenvalue weighted by Gasteiger charge is -2.30. The van der Waals surface area contributed by atoms with Crippen LogP contribution < -0.4 is 15.5 Å². The predicted octanol–water partition coefficient (Wildman–Crippen LogP) is 6.12. The number of rotatable bonds is 7. The SMILES string of the molecule is CN(C)c1nc(NC2CCC(NCc3ccc(-c4ccc(Cl)cc4)o3)CC2)nc2ccccc12. The van der Waals surface area contributed by atoms with Gasteiger partial charge in [0.15, 0.2) is 0 Å². The Labute approximate surface area is 205 Å². The number of benzene rings is 2. The fourth-order valence-corrected chi connectivity index (χ4v) is 4.70. The van der Waals surface area contributed by atoms with Crippen LogP contribution in [0, 0.1) is 0 Å². The zero-order valence-corrected chi connectivity index (χ0v) is 20.3. The highest BCUT2D eigenvalue weighted by atomic mass is 35.5. The third-order valence-corrected chi connectivity index (χ3v) is 6.67. The maximum absolute atomic E-state index is 6.03. The highest BCUT2D eigenvalue weighted by Gasteiger charge is 2.22. The second-order valence-corrected chi connectivity index (χ2v) is 9.57. The number of anilines is 2. The Bertz CT molecular complexity index is 1250. The Morgan fingerprint density at radius 2 is 1.65 bits per heavy atom. The summed E-state index contributed by atoms with van der Waals surface area (Å²) in [6.45, 7) is 0.732. The lowest BCUT2D eigenvalue weighted by Crippen LogP contribution is -2.36. The van der Waals surface area contributed by atoms with E-state index in [1.807, 2.05) is 73.6 Å². The predicted molar refractivity (Wildman–Crippen MR) is 140 cm³/mol. The fourth-order valence-electron chi connectivity index (χ4n) is 4.58. The summed E-state index contributed by atoms with van der Waals surface area (Å²) in [4.78, 5) is 11.6. The molecule has 2 heterocycles. The van der Waals surface area contributed by atoms with E-state index in [1.165, 1.54) is 0 Å². The molecular formula is C27H30ClN5O. The summed E-state index contributed by atoms with van der Waals surface area (Å²) in [7, 11) is 4.04. The summed E-state index contributed by atoms with van der Waals surface area (Å²) in [5.41, 5.74) is 2.01. The maximum Gasteiger partial charge on any atom is 0.225 e. The maximum atomic E-state index is 6.03. The van der Waals surface area contributed by atoms with E-state index in [1.54, 1.807) is 0 Å². The molecule has 2 aromatic carbocycles. The Balaban J connectivity index is 1.14. The van der Waals surface area contributed by atoms with Crippen molar-refractivity contribution in [3.8, 4) is 11.3 Å². The minimum atomic E-state index is 0.384. The van der Waals surface area contributed by atoms with Gasteiger partial charge in [-0.05, 0) is 74.2 Å². The van der Waals surface area contributed by atoms with Crippen LogP contribution in [0.1, 0.15) is 31.4 Å². The molecule has 0 bridgehead atoms. The number of nitrogens with one attached hydrogen (secondary N) is 2. The number of halogens is 1. The zero-order valence-electron chi connectivity index (χ0n) is 19.6. The van der Waals surface area contributed by atoms with E-state index in [2.05, 4.69) is 16.7 Å². The molecule has 0 aliphatic heterocycles. The van der Waals surface area contributed by atoms with E-state index in [4.69, 9.17) is 26.0 Å². The Kier molecular flexibility index (Phi) is 6.70. The van der Waals surface area contributed by atoms with Gasteiger partial charge >= 0.3 is 0 Å². The normalized spacial score (nSPS) is 18.2. The first kappa shape index (κ1) is 22.7. The van der Waals surface area contributed by atoms with Gasteiger partial charge in [0, 0.05) is 42.2 Å². The molecule has 2 N–H and O–H groups in total.